The number of nitrogens with zero attached hydrogens (tertiary/aromatic N) is 1. The Morgan fingerprint density at radius 2 is 1.11 bits per heavy atom. The summed E-state index contributed by atoms with van der Waals surface area (Å²) in [6.45, 7) is 26.8. The summed E-state index contributed by atoms with van der Waals surface area (Å²) in [6, 6.07) is 15.1. The molecule has 1 aliphatic rings. The predicted octanol–water partition coefficient (Wildman–Crippen LogP) is 15.4. The van der Waals surface area contributed by atoms with Crippen LogP contribution in [0.15, 0.2) is 36.4 Å². The average molecular weight is 870 g/mol. The highest BCUT2D eigenvalue weighted by atomic mass is 32.1. The van der Waals surface area contributed by atoms with E-state index in [9.17, 15) is 5.26 Å². The number of hydrogen-bond acceptors (Lipinski definition) is 10. The summed E-state index contributed by atoms with van der Waals surface area (Å²) < 4.78 is 6.36. The maximum absolute atomic E-state index is 15.1. The summed E-state index contributed by atoms with van der Waals surface area (Å²) in [5.74, 6) is 1.88. The van der Waals surface area contributed by atoms with Crippen molar-refractivity contribution in [2.75, 3.05) is 6.61 Å². The molecule has 0 aromatic carbocycles. The third-order valence-electron chi connectivity index (χ3n) is 9.77. The lowest BCUT2D eigenvalue weighted by Gasteiger charge is -2.17. The Labute approximate surface area is 362 Å². The van der Waals surface area contributed by atoms with E-state index in [-0.39, 0.29) is 22.4 Å². The van der Waals surface area contributed by atoms with E-state index in [0.29, 0.717) is 52.2 Å². The van der Waals surface area contributed by atoms with Crippen LogP contribution in [-0.4, -0.2) is 18.2 Å². The molecule has 0 bridgehead atoms. The molecule has 10 heteroatoms. The number of hydrogen-bond donors (Lipinski definition) is 0. The number of ketones is 2. The van der Waals surface area contributed by atoms with Gasteiger partial charge in [-0.25, -0.2) is 0 Å². The molecule has 298 valence electrons. The smallest absolute Gasteiger partial charge is 0.197 e. The van der Waals surface area contributed by atoms with Gasteiger partial charge in [-0.1, -0.05) is 83.1 Å². The van der Waals surface area contributed by atoms with E-state index in [2.05, 4.69) is 119 Å². The first-order valence-electron chi connectivity index (χ1n) is 19.7. The van der Waals surface area contributed by atoms with Crippen LogP contribution in [0.4, 0.5) is 0 Å². The van der Waals surface area contributed by atoms with E-state index in [0.717, 1.165) is 67.4 Å². The van der Waals surface area contributed by atoms with Crippen molar-refractivity contribution < 1.29 is 14.3 Å². The lowest BCUT2D eigenvalue weighted by Crippen LogP contribution is -2.21. The van der Waals surface area contributed by atoms with Crippen molar-refractivity contribution in [2.45, 2.75) is 107 Å². The maximum atomic E-state index is 15.1. The Kier molecular flexibility index (Phi) is 11.6. The van der Waals surface area contributed by atoms with Crippen LogP contribution in [0.2, 0.25) is 0 Å². The number of ether oxygens (including phenoxy) is 1. The summed E-state index contributed by atoms with van der Waals surface area (Å²) >= 11 is 9.92. The van der Waals surface area contributed by atoms with Gasteiger partial charge in [-0.2, -0.15) is 5.26 Å². The fourth-order valence-electron chi connectivity index (χ4n) is 6.99. The third kappa shape index (κ3) is 8.10. The van der Waals surface area contributed by atoms with Gasteiger partial charge in [0.25, 0.3) is 0 Å². The van der Waals surface area contributed by atoms with Gasteiger partial charge in [0, 0.05) is 50.1 Å². The number of rotatable bonds is 11. The number of fused-ring (bicyclic) bond motifs is 2. The molecule has 0 atom stereocenters. The first-order valence-corrected chi connectivity index (χ1v) is 24.6. The highest BCUT2D eigenvalue weighted by Crippen LogP contribution is 2.54. The lowest BCUT2D eigenvalue weighted by molar-refractivity contribution is 0.0980. The first kappa shape index (κ1) is 42.0. The second kappa shape index (κ2) is 15.8. The zero-order valence-corrected chi connectivity index (χ0v) is 39.8. The van der Waals surface area contributed by atoms with Crippen molar-refractivity contribution in [1.29, 1.82) is 5.26 Å². The standard InChI is InChI=1S/C47H51NO3S6/c1-23(2)17-32-36-37(33(53-32)18-24(3)4)41(50)39-38(40(36)49)44(57-45(39)30-15-16-34(54-30)46(7,8)9)29-14-13-28(52-29)31-19-26(21-48)42(55-31)43-27(51-22-25(5)6)20-35(56-43)47(10,11)12/h13-16,19-20,23-25H,17-18,22H2,1-12H3. The van der Waals surface area contributed by atoms with Gasteiger partial charge in [0.2, 0.25) is 0 Å². The van der Waals surface area contributed by atoms with Crippen LogP contribution < -0.4 is 4.74 Å². The molecule has 57 heavy (non-hydrogen) atoms. The van der Waals surface area contributed by atoms with Crippen LogP contribution in [0.5, 0.6) is 5.75 Å². The zero-order valence-electron chi connectivity index (χ0n) is 34.9. The zero-order chi connectivity index (χ0) is 41.3. The van der Waals surface area contributed by atoms with Gasteiger partial charge >= 0.3 is 0 Å². The predicted molar refractivity (Wildman–Crippen MR) is 248 cm³/mol. The van der Waals surface area contributed by atoms with Crippen LogP contribution >= 0.6 is 68.0 Å². The molecule has 1 aliphatic carbocycles. The first-order chi connectivity index (χ1) is 26.8. The summed E-state index contributed by atoms with van der Waals surface area (Å²) in [6.07, 6.45) is 1.54. The fourth-order valence-corrected chi connectivity index (χ4v) is 14.8. The number of carbonyl (C=O) groups excluding carboxylic acids is 2. The van der Waals surface area contributed by atoms with Gasteiger partial charge in [-0.05, 0) is 77.8 Å². The summed E-state index contributed by atoms with van der Waals surface area (Å²) in [4.78, 5) is 42.3. The van der Waals surface area contributed by atoms with Crippen LogP contribution in [-0.2, 0) is 23.7 Å². The van der Waals surface area contributed by atoms with Crippen LogP contribution in [0, 0.1) is 29.1 Å². The van der Waals surface area contributed by atoms with Crippen LogP contribution in [0.1, 0.15) is 140 Å². The monoisotopic (exact) mass is 869 g/mol. The van der Waals surface area contributed by atoms with Crippen molar-refractivity contribution >= 4 is 79.6 Å². The van der Waals surface area contributed by atoms with E-state index >= 15 is 9.59 Å². The molecule has 0 N–H and O–H groups in total. The van der Waals surface area contributed by atoms with E-state index in [1.54, 1.807) is 68.0 Å². The highest BCUT2D eigenvalue weighted by Gasteiger charge is 2.42. The molecule has 6 aromatic heterocycles. The largest absolute Gasteiger partial charge is 0.492 e. The second-order valence-corrected chi connectivity index (χ2v) is 24.8. The number of carbonyl (C=O) groups is 2. The van der Waals surface area contributed by atoms with Gasteiger partial charge in [0.05, 0.1) is 42.8 Å². The molecule has 0 saturated carbocycles. The minimum atomic E-state index is -0.0569. The van der Waals surface area contributed by atoms with Gasteiger partial charge in [-0.15, -0.1) is 68.0 Å². The SMILES string of the molecule is CC(C)COc1cc(C(C)(C)C)sc1-c1sc(-c2ccc(-c3sc(-c4ccc(C(C)(C)C)s4)c4c3C(=O)c3c(CC(C)C)sc(CC(C)C)c3C4=O)s2)cc1C#N. The minimum Gasteiger partial charge on any atom is -0.492 e. The Hall–Kier alpha value is -3.17. The summed E-state index contributed by atoms with van der Waals surface area (Å²) in [5.41, 5.74) is 2.92. The fraction of sp³-hybridized carbons (Fsp3) is 0.426. The van der Waals surface area contributed by atoms with Crippen molar-refractivity contribution in [3.05, 3.63) is 83.7 Å². The molecule has 0 spiro atoms. The molecule has 4 nitrogen and oxygen atoms in total. The quantitative estimate of drug-likeness (QED) is 0.130. The molecule has 0 amide bonds. The summed E-state index contributed by atoms with van der Waals surface area (Å²) in [5, 5.41) is 10.4. The van der Waals surface area contributed by atoms with Gasteiger partial charge in [0.15, 0.2) is 11.6 Å². The molecular formula is C47H51NO3S6. The molecule has 0 radical (unpaired) electrons. The van der Waals surface area contributed by atoms with E-state index < -0.39 is 0 Å². The maximum Gasteiger partial charge on any atom is 0.197 e. The molecule has 6 heterocycles. The molecule has 0 saturated heterocycles. The Bertz CT molecular complexity index is 2540. The van der Waals surface area contributed by atoms with Gasteiger partial charge in [0.1, 0.15) is 11.8 Å². The Balaban J connectivity index is 1.37. The Morgan fingerprint density at radius 3 is 1.61 bits per heavy atom. The summed E-state index contributed by atoms with van der Waals surface area (Å²) in [7, 11) is 0. The minimum absolute atomic E-state index is 0.0101. The molecule has 0 unspecified atom stereocenters. The molecule has 0 fully saturated rings. The molecule has 6 aromatic rings. The molecular weight excluding hydrogens is 819 g/mol. The second-order valence-electron chi connectivity index (χ2n) is 18.4. The van der Waals surface area contributed by atoms with Crippen LogP contribution in [0.3, 0.4) is 0 Å². The third-order valence-corrected chi connectivity index (χ3v) is 18.2. The highest BCUT2D eigenvalue weighted by molar-refractivity contribution is 7.30. The van der Waals surface area contributed by atoms with Crippen molar-refractivity contribution in [2.24, 2.45) is 17.8 Å². The van der Waals surface area contributed by atoms with Gasteiger partial charge < -0.3 is 4.74 Å². The van der Waals surface area contributed by atoms with E-state index in [1.807, 2.05) is 6.07 Å². The normalized spacial score (nSPS) is 13.3. The van der Waals surface area contributed by atoms with E-state index in [1.165, 1.54) is 9.75 Å². The van der Waals surface area contributed by atoms with E-state index in [4.69, 9.17) is 4.74 Å². The van der Waals surface area contributed by atoms with Crippen molar-refractivity contribution in [1.82, 2.24) is 0 Å². The lowest BCUT2D eigenvalue weighted by atomic mass is 9.82. The Morgan fingerprint density at radius 1 is 0.561 bits per heavy atom. The van der Waals surface area contributed by atoms with Crippen molar-refractivity contribution in [3.63, 3.8) is 0 Å². The number of nitriles is 1. The van der Waals surface area contributed by atoms with Gasteiger partial charge in [-0.3, -0.25) is 9.59 Å². The van der Waals surface area contributed by atoms with Crippen LogP contribution in [0.25, 0.3) is 39.0 Å². The average Bonchev–Trinajstić information content (AvgIpc) is 3.95. The molecule has 7 rings (SSSR count). The van der Waals surface area contributed by atoms with Crippen molar-refractivity contribution in [3.8, 4) is 50.8 Å². The topological polar surface area (TPSA) is 67.2 Å². The number of thiophene rings is 6. The molecule has 0 aliphatic heterocycles.